The average molecular weight is 543 g/mol. The van der Waals surface area contributed by atoms with Crippen molar-refractivity contribution in [3.8, 4) is 63.9 Å². The Labute approximate surface area is 231 Å². The lowest BCUT2D eigenvalue weighted by molar-refractivity contribution is 0.0503. The van der Waals surface area contributed by atoms with Crippen LogP contribution in [0.5, 0.6) is 40.2 Å². The van der Waals surface area contributed by atoms with Gasteiger partial charge in [0, 0.05) is 11.1 Å². The van der Waals surface area contributed by atoms with E-state index >= 15 is 0 Å². The summed E-state index contributed by atoms with van der Waals surface area (Å²) in [5.41, 5.74) is 1.87. The minimum absolute atomic E-state index is 0.101. The van der Waals surface area contributed by atoms with Crippen molar-refractivity contribution >= 4 is 5.97 Å². The first-order valence-electron chi connectivity index (χ1n) is 12.4. The normalized spacial score (nSPS) is 12.0. The predicted octanol–water partition coefficient (Wildman–Crippen LogP) is 4.54. The number of esters is 1. The fraction of sp³-hybridized carbons (Fsp3) is 0.258. The number of benzene rings is 3. The maximum Gasteiger partial charge on any atom is 0.340 e. The molecular weight excluding hydrogens is 516 g/mol. The van der Waals surface area contributed by atoms with Crippen molar-refractivity contribution in [2.75, 3.05) is 41.5 Å². The molecule has 0 unspecified atom stereocenters. The molecule has 0 spiro atoms. The van der Waals surface area contributed by atoms with Crippen molar-refractivity contribution in [3.63, 3.8) is 0 Å². The highest BCUT2D eigenvalue weighted by Gasteiger charge is 2.30. The van der Waals surface area contributed by atoms with Crippen LogP contribution in [0.15, 0.2) is 36.4 Å². The van der Waals surface area contributed by atoms with Gasteiger partial charge in [0.25, 0.3) is 0 Å². The second kappa shape index (κ2) is 11.7. The fourth-order valence-electron chi connectivity index (χ4n) is 4.18. The van der Waals surface area contributed by atoms with E-state index in [9.17, 15) is 4.79 Å². The van der Waals surface area contributed by atoms with Gasteiger partial charge in [0.1, 0.15) is 0 Å². The maximum atomic E-state index is 13.5. The highest BCUT2D eigenvalue weighted by Crippen LogP contribution is 2.45. The zero-order valence-corrected chi connectivity index (χ0v) is 22.5. The molecule has 0 radical (unpaired) electrons. The van der Waals surface area contributed by atoms with Crippen molar-refractivity contribution in [1.29, 1.82) is 0 Å². The second-order valence-electron chi connectivity index (χ2n) is 8.50. The predicted molar refractivity (Wildman–Crippen MR) is 144 cm³/mol. The second-order valence-corrected chi connectivity index (χ2v) is 8.50. The monoisotopic (exact) mass is 542 g/mol. The van der Waals surface area contributed by atoms with Crippen LogP contribution in [0.2, 0.25) is 0 Å². The largest absolute Gasteiger partial charge is 0.491 e. The van der Waals surface area contributed by atoms with Crippen LogP contribution >= 0.6 is 0 Å². The minimum atomic E-state index is -0.619. The van der Waals surface area contributed by atoms with Crippen LogP contribution in [0.3, 0.4) is 0 Å². The third-order valence-corrected chi connectivity index (χ3v) is 6.03. The quantitative estimate of drug-likeness (QED) is 0.329. The van der Waals surface area contributed by atoms with E-state index in [1.807, 2.05) is 6.92 Å². The summed E-state index contributed by atoms with van der Waals surface area (Å²) in [7, 11) is 4.39. The van der Waals surface area contributed by atoms with E-state index < -0.39 is 5.97 Å². The Balaban J connectivity index is 1.71. The van der Waals surface area contributed by atoms with E-state index in [1.165, 1.54) is 21.3 Å². The van der Waals surface area contributed by atoms with Gasteiger partial charge in [-0.05, 0) is 42.8 Å². The highest BCUT2D eigenvalue weighted by atomic mass is 16.7. The van der Waals surface area contributed by atoms with Crippen LogP contribution in [0.4, 0.5) is 0 Å². The molecule has 0 saturated heterocycles. The van der Waals surface area contributed by atoms with Gasteiger partial charge in [-0.25, -0.2) is 4.79 Å². The molecule has 0 N–H and O–H groups in total. The molecule has 2 aliphatic rings. The zero-order valence-electron chi connectivity index (χ0n) is 22.5. The molecule has 0 saturated carbocycles. The summed E-state index contributed by atoms with van der Waals surface area (Å²) in [4.78, 5) is 13.5. The van der Waals surface area contributed by atoms with Crippen molar-refractivity contribution in [2.45, 2.75) is 13.3 Å². The van der Waals surface area contributed by atoms with Crippen LogP contribution in [0, 0.1) is 23.7 Å². The maximum absolute atomic E-state index is 13.5. The van der Waals surface area contributed by atoms with Crippen molar-refractivity contribution in [1.82, 2.24) is 0 Å². The SMILES string of the molecule is CCCOC(=O)c1c(C#Cc2ccc3c(c2)OCO3)c(OC)c(OC)c(OC)c1C#Cc1ccc2c(c1)OCO2. The first-order valence-corrected chi connectivity index (χ1v) is 12.4. The molecule has 40 heavy (non-hydrogen) atoms. The molecule has 204 valence electrons. The molecule has 0 bridgehead atoms. The Hall–Kier alpha value is -5.15. The van der Waals surface area contributed by atoms with Crippen LogP contribution < -0.4 is 33.2 Å². The van der Waals surface area contributed by atoms with Gasteiger partial charge in [0.15, 0.2) is 34.5 Å². The zero-order chi connectivity index (χ0) is 28.1. The first-order chi connectivity index (χ1) is 19.6. The van der Waals surface area contributed by atoms with Gasteiger partial charge in [-0.2, -0.15) is 0 Å². The van der Waals surface area contributed by atoms with E-state index in [2.05, 4.69) is 23.7 Å². The number of ether oxygens (including phenoxy) is 8. The Bertz CT molecular complexity index is 1480. The molecule has 0 amide bonds. The molecule has 3 aromatic rings. The number of hydrogen-bond donors (Lipinski definition) is 0. The minimum Gasteiger partial charge on any atom is -0.491 e. The lowest BCUT2D eigenvalue weighted by Gasteiger charge is -2.19. The molecule has 3 aromatic carbocycles. The smallest absolute Gasteiger partial charge is 0.340 e. The summed E-state index contributed by atoms with van der Waals surface area (Å²) in [5.74, 6) is 14.8. The molecule has 0 atom stereocenters. The molecule has 5 rings (SSSR count). The summed E-state index contributed by atoms with van der Waals surface area (Å²) in [5, 5.41) is 0. The molecular formula is C31H26O9. The van der Waals surface area contributed by atoms with Crippen molar-refractivity contribution in [3.05, 3.63) is 64.2 Å². The lowest BCUT2D eigenvalue weighted by atomic mass is 9.97. The molecule has 0 fully saturated rings. The highest BCUT2D eigenvalue weighted by molar-refractivity contribution is 5.99. The number of rotatable bonds is 6. The van der Waals surface area contributed by atoms with Crippen LogP contribution in [0.1, 0.15) is 46.0 Å². The number of carbonyl (C=O) groups is 1. The third kappa shape index (κ3) is 5.10. The van der Waals surface area contributed by atoms with Crippen molar-refractivity contribution < 1.29 is 42.7 Å². The van der Waals surface area contributed by atoms with Gasteiger partial charge in [-0.3, -0.25) is 0 Å². The van der Waals surface area contributed by atoms with Crippen molar-refractivity contribution in [2.24, 2.45) is 0 Å². The van der Waals surface area contributed by atoms with E-state index in [0.29, 0.717) is 40.5 Å². The van der Waals surface area contributed by atoms with Crippen LogP contribution in [-0.2, 0) is 4.74 Å². The standard InChI is InChI=1S/C31H26O9/c1-5-14-36-31(32)27-21(10-6-19-8-12-23-25(15-19)39-17-37-23)28(33-2)30(35-4)29(34-3)22(27)11-7-20-9-13-24-26(16-20)40-18-38-24/h8-9,12-13,15-16H,5,14,17-18H2,1-4H3. The van der Waals surface area contributed by atoms with Crippen LogP contribution in [-0.4, -0.2) is 47.5 Å². The van der Waals surface area contributed by atoms with E-state index in [4.69, 9.17) is 37.9 Å². The molecule has 9 nitrogen and oxygen atoms in total. The number of fused-ring (bicyclic) bond motifs is 2. The Kier molecular flexibility index (Phi) is 7.75. The Morgan fingerprint density at radius 3 is 1.62 bits per heavy atom. The van der Waals surface area contributed by atoms with E-state index in [1.54, 1.807) is 36.4 Å². The Morgan fingerprint density at radius 1 is 0.700 bits per heavy atom. The average Bonchev–Trinajstić information content (AvgIpc) is 3.65. The number of hydrogen-bond acceptors (Lipinski definition) is 9. The van der Waals surface area contributed by atoms with Gasteiger partial charge >= 0.3 is 5.97 Å². The van der Waals surface area contributed by atoms with Gasteiger partial charge < -0.3 is 37.9 Å². The fourth-order valence-corrected chi connectivity index (χ4v) is 4.18. The summed E-state index contributed by atoms with van der Waals surface area (Å²) in [6, 6.07) is 10.7. The van der Waals surface area contributed by atoms with E-state index in [0.717, 1.165) is 0 Å². The van der Waals surface area contributed by atoms with Gasteiger partial charge in [0.05, 0.1) is 44.6 Å². The van der Waals surface area contributed by atoms with Crippen LogP contribution in [0.25, 0.3) is 0 Å². The van der Waals surface area contributed by atoms with E-state index in [-0.39, 0.29) is 54.1 Å². The summed E-state index contributed by atoms with van der Waals surface area (Å²) in [6.07, 6.45) is 0.632. The topological polar surface area (TPSA) is 90.9 Å². The summed E-state index contributed by atoms with van der Waals surface area (Å²) < 4.78 is 44.3. The number of methoxy groups -OCH3 is 3. The van der Waals surface area contributed by atoms with Gasteiger partial charge in [-0.15, -0.1) is 0 Å². The van der Waals surface area contributed by atoms with Gasteiger partial charge in [-0.1, -0.05) is 30.6 Å². The third-order valence-electron chi connectivity index (χ3n) is 6.03. The first kappa shape index (κ1) is 26.5. The molecule has 0 aliphatic carbocycles. The molecule has 2 heterocycles. The Morgan fingerprint density at radius 2 is 1.18 bits per heavy atom. The molecule has 2 aliphatic heterocycles. The molecule has 9 heteroatoms. The van der Waals surface area contributed by atoms with Gasteiger partial charge in [0.2, 0.25) is 19.3 Å². The lowest BCUT2D eigenvalue weighted by Crippen LogP contribution is -2.13. The summed E-state index contributed by atoms with van der Waals surface area (Å²) in [6.45, 7) is 2.41. The number of carbonyl (C=O) groups excluding carboxylic acids is 1. The molecule has 0 aromatic heterocycles. The summed E-state index contributed by atoms with van der Waals surface area (Å²) >= 11 is 0.